The Hall–Kier alpha value is -3.66. The number of fused-ring (bicyclic) bond motifs is 2. The summed E-state index contributed by atoms with van der Waals surface area (Å²) in [7, 11) is 1.40. The van der Waals surface area contributed by atoms with E-state index in [9.17, 15) is 18.8 Å². The number of anilines is 2. The fourth-order valence-corrected chi connectivity index (χ4v) is 6.74. The maximum atomic E-state index is 14.9. The van der Waals surface area contributed by atoms with Crippen molar-refractivity contribution in [3.8, 4) is 5.75 Å². The maximum Gasteiger partial charge on any atom is 0.248 e. The van der Waals surface area contributed by atoms with E-state index in [1.807, 2.05) is 20.8 Å². The van der Waals surface area contributed by atoms with Gasteiger partial charge in [-0.15, -0.1) is 0 Å². The van der Waals surface area contributed by atoms with Crippen LogP contribution in [0.3, 0.4) is 0 Å². The molecule has 0 saturated carbocycles. The van der Waals surface area contributed by atoms with Gasteiger partial charge in [0.25, 0.3) is 0 Å². The van der Waals surface area contributed by atoms with Gasteiger partial charge in [0.05, 0.1) is 18.8 Å². The van der Waals surface area contributed by atoms with Gasteiger partial charge in [-0.1, -0.05) is 50.0 Å². The lowest BCUT2D eigenvalue weighted by Gasteiger charge is -2.37. The van der Waals surface area contributed by atoms with Gasteiger partial charge in [-0.05, 0) is 71.5 Å². The van der Waals surface area contributed by atoms with E-state index in [0.29, 0.717) is 33.9 Å². The van der Waals surface area contributed by atoms with Crippen LogP contribution in [0.4, 0.5) is 15.8 Å². The van der Waals surface area contributed by atoms with Crippen LogP contribution in [0, 0.1) is 11.2 Å². The molecule has 5 rings (SSSR count). The van der Waals surface area contributed by atoms with Crippen LogP contribution >= 0.6 is 23.2 Å². The number of hydrogen-bond acceptors (Lipinski definition) is 5. The quantitative estimate of drug-likeness (QED) is 0.287. The van der Waals surface area contributed by atoms with Crippen molar-refractivity contribution in [2.45, 2.75) is 50.6 Å². The van der Waals surface area contributed by atoms with Gasteiger partial charge in [0, 0.05) is 33.3 Å². The third kappa shape index (κ3) is 5.21. The standard InChI is InChI=1S/C31H31Cl2FN4O4/c1-30(2,3)14-24-31(20-7-6-17(32)13-22(20)37-29(31)41)25(16-9-18(33)12-19(34)10-16)26(38-24)28(40)36-21-8-5-15(27(35)39)11-23(21)42-4/h5-13,24-26,38H,14H2,1-4H3,(H2,35,39)(H,36,40)(H,37,41). The van der Waals surface area contributed by atoms with Crippen LogP contribution in [-0.4, -0.2) is 36.9 Å². The zero-order chi connectivity index (χ0) is 30.6. The minimum absolute atomic E-state index is 0.136. The Morgan fingerprint density at radius 3 is 2.45 bits per heavy atom. The van der Waals surface area contributed by atoms with E-state index in [2.05, 4.69) is 16.0 Å². The molecular weight excluding hydrogens is 582 g/mol. The van der Waals surface area contributed by atoms with E-state index in [-0.39, 0.29) is 27.7 Å². The van der Waals surface area contributed by atoms with E-state index < -0.39 is 41.0 Å². The first-order valence-corrected chi connectivity index (χ1v) is 14.1. The van der Waals surface area contributed by atoms with E-state index in [0.717, 1.165) is 0 Å². The average Bonchev–Trinajstić information content (AvgIpc) is 3.37. The highest BCUT2D eigenvalue weighted by Crippen LogP contribution is 2.57. The summed E-state index contributed by atoms with van der Waals surface area (Å²) in [4.78, 5) is 40.1. The summed E-state index contributed by atoms with van der Waals surface area (Å²) in [6.45, 7) is 6.14. The Balaban J connectivity index is 1.69. The molecule has 8 nitrogen and oxygen atoms in total. The summed E-state index contributed by atoms with van der Waals surface area (Å²) in [5.41, 5.74) is 5.91. The zero-order valence-electron chi connectivity index (χ0n) is 23.5. The lowest BCUT2D eigenvalue weighted by atomic mass is 9.62. The van der Waals surface area contributed by atoms with E-state index in [4.69, 9.17) is 33.7 Å². The fraction of sp³-hybridized carbons (Fsp3) is 0.323. The highest BCUT2D eigenvalue weighted by Gasteiger charge is 2.65. The number of amides is 3. The van der Waals surface area contributed by atoms with Gasteiger partial charge in [0.15, 0.2) is 0 Å². The lowest BCUT2D eigenvalue weighted by Crippen LogP contribution is -2.49. The highest BCUT2D eigenvalue weighted by molar-refractivity contribution is 6.31. The number of halogens is 3. The molecule has 1 fully saturated rings. The molecule has 3 amide bonds. The Labute approximate surface area is 253 Å². The number of benzene rings is 3. The number of hydrogen-bond donors (Lipinski definition) is 4. The Morgan fingerprint density at radius 1 is 1.07 bits per heavy atom. The molecule has 220 valence electrons. The van der Waals surface area contributed by atoms with Crippen molar-refractivity contribution < 1.29 is 23.5 Å². The number of nitrogens with two attached hydrogens (primary N) is 1. The molecule has 2 aliphatic rings. The summed E-state index contributed by atoms with van der Waals surface area (Å²) in [6, 6.07) is 12.1. The van der Waals surface area contributed by atoms with E-state index in [1.165, 1.54) is 37.4 Å². The smallest absolute Gasteiger partial charge is 0.248 e. The predicted octanol–water partition coefficient (Wildman–Crippen LogP) is 5.63. The highest BCUT2D eigenvalue weighted by atomic mass is 35.5. The first-order valence-electron chi connectivity index (χ1n) is 13.4. The molecule has 5 N–H and O–H groups in total. The van der Waals surface area contributed by atoms with Crippen LogP contribution < -0.4 is 26.4 Å². The number of carbonyl (C=O) groups excluding carboxylic acids is 3. The monoisotopic (exact) mass is 612 g/mol. The van der Waals surface area contributed by atoms with Crippen LogP contribution in [-0.2, 0) is 15.0 Å². The van der Waals surface area contributed by atoms with Crippen LogP contribution in [0.1, 0.15) is 54.6 Å². The minimum atomic E-state index is -1.31. The SMILES string of the molecule is COc1cc(C(N)=O)ccc1NC(=O)C1NC(CC(C)(C)C)C2(C(=O)Nc3cc(Cl)ccc32)C1c1cc(F)cc(Cl)c1. The van der Waals surface area contributed by atoms with Crippen molar-refractivity contribution in [3.05, 3.63) is 87.2 Å². The third-order valence-corrected chi connectivity index (χ3v) is 8.35. The second-order valence-electron chi connectivity index (χ2n) is 11.9. The predicted molar refractivity (Wildman–Crippen MR) is 161 cm³/mol. The number of rotatable bonds is 6. The Kier molecular flexibility index (Phi) is 7.72. The molecule has 3 aromatic rings. The van der Waals surface area contributed by atoms with Crippen molar-refractivity contribution >= 4 is 52.3 Å². The molecule has 3 aromatic carbocycles. The normalized spacial score (nSPS) is 23.0. The van der Waals surface area contributed by atoms with Crippen LogP contribution in [0.25, 0.3) is 0 Å². The third-order valence-electron chi connectivity index (χ3n) is 7.89. The van der Waals surface area contributed by atoms with Crippen molar-refractivity contribution in [2.24, 2.45) is 11.1 Å². The minimum Gasteiger partial charge on any atom is -0.495 e. The molecule has 11 heteroatoms. The number of primary amides is 1. The zero-order valence-corrected chi connectivity index (χ0v) is 25.0. The lowest BCUT2D eigenvalue weighted by molar-refractivity contribution is -0.122. The molecule has 1 saturated heterocycles. The maximum absolute atomic E-state index is 14.9. The molecule has 0 bridgehead atoms. The van der Waals surface area contributed by atoms with Gasteiger partial charge in [-0.25, -0.2) is 4.39 Å². The molecular formula is C31H31Cl2FN4O4. The van der Waals surface area contributed by atoms with Crippen LogP contribution in [0.2, 0.25) is 10.0 Å². The number of methoxy groups -OCH3 is 1. The Morgan fingerprint density at radius 2 is 1.81 bits per heavy atom. The topological polar surface area (TPSA) is 123 Å². The molecule has 4 atom stereocenters. The van der Waals surface area contributed by atoms with Gasteiger partial charge in [-0.2, -0.15) is 0 Å². The van der Waals surface area contributed by atoms with Crippen LogP contribution in [0.5, 0.6) is 5.75 Å². The fourth-order valence-electron chi connectivity index (χ4n) is 6.34. The second kappa shape index (κ2) is 10.9. The number of carbonyl (C=O) groups is 3. The average molecular weight is 614 g/mol. The molecule has 0 aromatic heterocycles. The molecule has 0 aliphatic carbocycles. The van der Waals surface area contributed by atoms with Crippen LogP contribution in [0.15, 0.2) is 54.6 Å². The molecule has 2 heterocycles. The van der Waals surface area contributed by atoms with Crippen molar-refractivity contribution in [2.75, 3.05) is 17.7 Å². The van der Waals surface area contributed by atoms with Crippen molar-refractivity contribution in [3.63, 3.8) is 0 Å². The summed E-state index contributed by atoms with van der Waals surface area (Å²) in [6.07, 6.45) is 0.502. The van der Waals surface area contributed by atoms with Gasteiger partial charge in [0.1, 0.15) is 17.0 Å². The summed E-state index contributed by atoms with van der Waals surface area (Å²) >= 11 is 12.6. The molecule has 2 aliphatic heterocycles. The van der Waals surface area contributed by atoms with Gasteiger partial charge >= 0.3 is 0 Å². The molecule has 0 radical (unpaired) electrons. The van der Waals surface area contributed by atoms with Gasteiger partial charge < -0.3 is 26.4 Å². The Bertz CT molecular complexity index is 1590. The first kappa shape index (κ1) is 29.8. The van der Waals surface area contributed by atoms with Crippen molar-refractivity contribution in [1.82, 2.24) is 5.32 Å². The largest absolute Gasteiger partial charge is 0.495 e. The summed E-state index contributed by atoms with van der Waals surface area (Å²) < 4.78 is 20.3. The number of nitrogens with one attached hydrogen (secondary N) is 3. The first-order chi connectivity index (χ1) is 19.7. The summed E-state index contributed by atoms with van der Waals surface area (Å²) in [5, 5.41) is 9.88. The molecule has 4 unspecified atom stereocenters. The molecule has 1 spiro atoms. The number of ether oxygens (including phenoxy) is 1. The summed E-state index contributed by atoms with van der Waals surface area (Å²) in [5.74, 6) is -2.71. The van der Waals surface area contributed by atoms with E-state index >= 15 is 0 Å². The van der Waals surface area contributed by atoms with Crippen molar-refractivity contribution in [1.29, 1.82) is 0 Å². The van der Waals surface area contributed by atoms with E-state index in [1.54, 1.807) is 24.3 Å². The van der Waals surface area contributed by atoms with Gasteiger partial charge in [0.2, 0.25) is 17.7 Å². The second-order valence-corrected chi connectivity index (χ2v) is 12.8. The molecule has 42 heavy (non-hydrogen) atoms. The van der Waals surface area contributed by atoms with Gasteiger partial charge in [-0.3, -0.25) is 14.4 Å².